The maximum Gasteiger partial charge on any atom is 0.253 e. The largest absolute Gasteiger partial charge is 0.393 e. The van der Waals surface area contributed by atoms with Crippen molar-refractivity contribution < 1.29 is 14.3 Å². The van der Waals surface area contributed by atoms with Gasteiger partial charge >= 0.3 is 0 Å². The number of aryl methyl sites for hydroxylation is 1. The van der Waals surface area contributed by atoms with Crippen molar-refractivity contribution >= 4 is 22.9 Å². The zero-order valence-corrected chi connectivity index (χ0v) is 22.8. The lowest BCUT2D eigenvalue weighted by Crippen LogP contribution is -2.38. The van der Waals surface area contributed by atoms with Crippen molar-refractivity contribution in [1.29, 1.82) is 0 Å². The summed E-state index contributed by atoms with van der Waals surface area (Å²) in [6.07, 6.45) is 11.3. The van der Waals surface area contributed by atoms with Crippen LogP contribution in [0.3, 0.4) is 0 Å². The van der Waals surface area contributed by atoms with Gasteiger partial charge in [0, 0.05) is 48.5 Å². The molecule has 3 heterocycles. The molecule has 38 heavy (non-hydrogen) atoms. The number of anilines is 1. The number of benzene rings is 1. The highest BCUT2D eigenvalue weighted by Gasteiger charge is 2.30. The number of carbonyl (C=O) groups is 1. The highest BCUT2D eigenvalue weighted by molar-refractivity contribution is 5.94. The van der Waals surface area contributed by atoms with Gasteiger partial charge in [-0.25, -0.2) is 9.37 Å². The van der Waals surface area contributed by atoms with Crippen molar-refractivity contribution in [3.05, 3.63) is 53.1 Å². The normalized spacial score (nSPS) is 21.6. The van der Waals surface area contributed by atoms with Crippen LogP contribution in [0.15, 0.2) is 30.6 Å². The highest BCUT2D eigenvalue weighted by atomic mass is 19.1. The van der Waals surface area contributed by atoms with Gasteiger partial charge in [0.25, 0.3) is 5.91 Å². The molecule has 1 amide bonds. The Labute approximate surface area is 224 Å². The third-order valence-electron chi connectivity index (χ3n) is 8.27. The summed E-state index contributed by atoms with van der Waals surface area (Å²) in [5, 5.41) is 14.6. The second-order valence-corrected chi connectivity index (χ2v) is 11.3. The molecule has 0 radical (unpaired) electrons. The molecular formula is C30H40FN5O2. The van der Waals surface area contributed by atoms with Gasteiger partial charge in [-0.15, -0.1) is 0 Å². The van der Waals surface area contributed by atoms with Crippen LogP contribution < -0.4 is 5.32 Å². The van der Waals surface area contributed by atoms with Crippen LogP contribution in [0.4, 0.5) is 10.3 Å². The Balaban J connectivity index is 1.38. The van der Waals surface area contributed by atoms with E-state index in [0.29, 0.717) is 42.6 Å². The summed E-state index contributed by atoms with van der Waals surface area (Å²) in [5.74, 6) is 0.484. The lowest BCUT2D eigenvalue weighted by molar-refractivity contribution is 0.0712. The maximum absolute atomic E-state index is 13.9. The van der Waals surface area contributed by atoms with Crippen molar-refractivity contribution in [2.45, 2.75) is 96.2 Å². The monoisotopic (exact) mass is 521 g/mol. The van der Waals surface area contributed by atoms with E-state index in [-0.39, 0.29) is 17.8 Å². The molecule has 8 heteroatoms. The summed E-state index contributed by atoms with van der Waals surface area (Å²) < 4.78 is 16.2. The Morgan fingerprint density at radius 2 is 1.89 bits per heavy atom. The molecule has 2 N–H and O–H groups in total. The van der Waals surface area contributed by atoms with Crippen molar-refractivity contribution in [3.63, 3.8) is 0 Å². The van der Waals surface area contributed by atoms with Gasteiger partial charge < -0.3 is 19.9 Å². The number of nitrogens with zero attached hydrogens (tertiary/aromatic N) is 4. The number of piperidine rings is 1. The molecule has 1 atom stereocenters. The summed E-state index contributed by atoms with van der Waals surface area (Å²) in [5.41, 5.74) is 3.37. The number of nitrogens with one attached hydrogen (secondary N) is 1. The molecule has 1 saturated carbocycles. The highest BCUT2D eigenvalue weighted by Crippen LogP contribution is 2.38. The lowest BCUT2D eigenvalue weighted by atomic mass is 9.89. The van der Waals surface area contributed by atoms with Crippen molar-refractivity contribution in [3.8, 4) is 0 Å². The average Bonchev–Trinajstić information content (AvgIpc) is 3.27. The first-order valence-electron chi connectivity index (χ1n) is 14.2. The summed E-state index contributed by atoms with van der Waals surface area (Å²) in [7, 11) is 0. The number of carbonyl (C=O) groups excluding carboxylic acids is 1. The molecule has 2 fully saturated rings. The van der Waals surface area contributed by atoms with E-state index in [1.165, 1.54) is 17.7 Å². The van der Waals surface area contributed by atoms with Crippen LogP contribution in [0.5, 0.6) is 0 Å². The maximum atomic E-state index is 13.9. The third kappa shape index (κ3) is 5.70. The molecule has 0 spiro atoms. The summed E-state index contributed by atoms with van der Waals surface area (Å²) in [4.78, 5) is 24.6. The number of aliphatic hydroxyl groups is 1. The SMILES string of the molecule is CCC[C@H](C)Nc1ncc2c(C3CCN(C(=O)c4cc(C)cc(F)c4)CC3)cn(C3CCC(O)CC3)c2n1. The minimum atomic E-state index is -0.371. The molecule has 5 rings (SSSR count). The molecular weight excluding hydrogens is 481 g/mol. The zero-order valence-electron chi connectivity index (χ0n) is 22.8. The molecule has 3 aromatic rings. The summed E-state index contributed by atoms with van der Waals surface area (Å²) >= 11 is 0. The number of aromatic nitrogens is 3. The van der Waals surface area contributed by atoms with Gasteiger partial charge in [-0.1, -0.05) is 13.3 Å². The van der Waals surface area contributed by atoms with Gasteiger partial charge in [0.05, 0.1) is 6.10 Å². The molecule has 0 bridgehead atoms. The Kier molecular flexibility index (Phi) is 7.98. The van der Waals surface area contributed by atoms with Gasteiger partial charge in [-0.3, -0.25) is 4.79 Å². The van der Waals surface area contributed by atoms with Crippen LogP contribution in [0.25, 0.3) is 11.0 Å². The number of amides is 1. The summed E-state index contributed by atoms with van der Waals surface area (Å²) in [6, 6.07) is 5.15. The van der Waals surface area contributed by atoms with Crippen LogP contribution in [-0.4, -0.2) is 55.7 Å². The van der Waals surface area contributed by atoms with Gasteiger partial charge in [-0.05, 0) is 94.0 Å². The van der Waals surface area contributed by atoms with E-state index >= 15 is 0 Å². The summed E-state index contributed by atoms with van der Waals surface area (Å²) in [6.45, 7) is 7.41. The molecule has 1 aliphatic heterocycles. The predicted octanol–water partition coefficient (Wildman–Crippen LogP) is 5.98. The van der Waals surface area contributed by atoms with Crippen molar-refractivity contribution in [2.75, 3.05) is 18.4 Å². The van der Waals surface area contributed by atoms with E-state index in [2.05, 4.69) is 34.9 Å². The molecule has 1 aliphatic carbocycles. The Bertz CT molecular complexity index is 1250. The number of hydrogen-bond acceptors (Lipinski definition) is 5. The standard InChI is InChI=1S/C30H40FN5O2/c1-4-5-20(3)33-30-32-17-26-27(18-36(28(26)34-30)24-6-8-25(37)9-7-24)21-10-12-35(13-11-21)29(38)22-14-19(2)15-23(31)16-22/h14-18,20-21,24-25,37H,4-13H2,1-3H3,(H,32,33,34)/t20-,24?,25?/m0/s1. The number of rotatable bonds is 7. The average molecular weight is 522 g/mol. The van der Waals surface area contributed by atoms with Gasteiger partial charge in [0.15, 0.2) is 0 Å². The number of likely N-dealkylation sites (tertiary alicyclic amines) is 1. The number of aliphatic hydroxyl groups excluding tert-OH is 1. The van der Waals surface area contributed by atoms with Gasteiger partial charge in [0.1, 0.15) is 11.5 Å². The molecule has 204 valence electrons. The van der Waals surface area contributed by atoms with E-state index in [9.17, 15) is 14.3 Å². The Hall–Kier alpha value is -3.00. The minimum Gasteiger partial charge on any atom is -0.393 e. The Morgan fingerprint density at radius 1 is 1.16 bits per heavy atom. The van der Waals surface area contributed by atoms with E-state index in [4.69, 9.17) is 4.98 Å². The van der Waals surface area contributed by atoms with E-state index in [1.807, 2.05) is 18.0 Å². The second kappa shape index (κ2) is 11.4. The number of hydrogen-bond donors (Lipinski definition) is 2. The number of halogens is 1. The van der Waals surface area contributed by atoms with Crippen LogP contribution in [-0.2, 0) is 0 Å². The molecule has 0 unspecified atom stereocenters. The fourth-order valence-corrected chi connectivity index (χ4v) is 6.22. The first kappa shape index (κ1) is 26.6. The predicted molar refractivity (Wildman–Crippen MR) is 148 cm³/mol. The smallest absolute Gasteiger partial charge is 0.253 e. The topological polar surface area (TPSA) is 83.3 Å². The minimum absolute atomic E-state index is 0.102. The van der Waals surface area contributed by atoms with E-state index in [0.717, 1.165) is 68.0 Å². The second-order valence-electron chi connectivity index (χ2n) is 11.3. The molecule has 2 aromatic heterocycles. The lowest BCUT2D eigenvalue weighted by Gasteiger charge is -2.32. The molecule has 2 aliphatic rings. The first-order valence-corrected chi connectivity index (χ1v) is 14.2. The van der Waals surface area contributed by atoms with Gasteiger partial charge in [0.2, 0.25) is 5.95 Å². The molecule has 1 saturated heterocycles. The van der Waals surface area contributed by atoms with Crippen LogP contribution in [0.1, 0.15) is 98.7 Å². The van der Waals surface area contributed by atoms with E-state index < -0.39 is 0 Å². The van der Waals surface area contributed by atoms with Crippen LogP contribution in [0, 0.1) is 12.7 Å². The van der Waals surface area contributed by atoms with E-state index in [1.54, 1.807) is 6.07 Å². The van der Waals surface area contributed by atoms with Crippen molar-refractivity contribution in [2.24, 2.45) is 0 Å². The van der Waals surface area contributed by atoms with Crippen molar-refractivity contribution in [1.82, 2.24) is 19.4 Å². The zero-order chi connectivity index (χ0) is 26.8. The fraction of sp³-hybridized carbons (Fsp3) is 0.567. The molecule has 7 nitrogen and oxygen atoms in total. The van der Waals surface area contributed by atoms with Crippen LogP contribution in [0.2, 0.25) is 0 Å². The quantitative estimate of drug-likeness (QED) is 0.400. The molecule has 1 aromatic carbocycles. The Morgan fingerprint density at radius 3 is 2.58 bits per heavy atom. The number of fused-ring (bicyclic) bond motifs is 1. The van der Waals surface area contributed by atoms with Crippen LogP contribution >= 0.6 is 0 Å². The third-order valence-corrected chi connectivity index (χ3v) is 8.27. The van der Waals surface area contributed by atoms with Gasteiger partial charge in [-0.2, -0.15) is 4.98 Å². The first-order chi connectivity index (χ1) is 18.3. The fourth-order valence-electron chi connectivity index (χ4n) is 6.22.